The van der Waals surface area contributed by atoms with Crippen molar-refractivity contribution in [3.05, 3.63) is 28.2 Å². The Hall–Kier alpha value is -0.580. The van der Waals surface area contributed by atoms with Gasteiger partial charge < -0.3 is 14.2 Å². The maximum atomic E-state index is 5.56. The number of benzene rings is 1. The molecular weight excluding hydrogens is 272 g/mol. The lowest BCUT2D eigenvalue weighted by Gasteiger charge is -2.09. The van der Waals surface area contributed by atoms with E-state index in [0.29, 0.717) is 26.4 Å². The van der Waals surface area contributed by atoms with Crippen molar-refractivity contribution in [3.63, 3.8) is 0 Å². The summed E-state index contributed by atoms with van der Waals surface area (Å²) in [6.45, 7) is 4.39. The molecule has 1 aromatic carbocycles. The molecule has 0 bridgehead atoms. The van der Waals surface area contributed by atoms with Crippen molar-refractivity contribution >= 4 is 15.9 Å². The van der Waals surface area contributed by atoms with Gasteiger partial charge in [0.1, 0.15) is 12.4 Å². The number of hydrogen-bond donors (Lipinski definition) is 0. The van der Waals surface area contributed by atoms with Gasteiger partial charge in [-0.1, -0.05) is 6.07 Å². The first-order chi connectivity index (χ1) is 7.74. The molecule has 0 spiro atoms. The molecule has 0 atom stereocenters. The van der Waals surface area contributed by atoms with Gasteiger partial charge in [0, 0.05) is 7.11 Å². The van der Waals surface area contributed by atoms with Crippen LogP contribution < -0.4 is 4.74 Å². The highest BCUT2D eigenvalue weighted by Gasteiger charge is 2.00. The van der Waals surface area contributed by atoms with Crippen LogP contribution in [0.25, 0.3) is 0 Å². The summed E-state index contributed by atoms with van der Waals surface area (Å²) in [5.74, 6) is 0.848. The standard InChI is InChI=1S/C12H17BrO3/c1-10-3-4-12(11(13)9-10)16-8-7-15-6-5-14-2/h3-4,9H,5-8H2,1-2H3. The number of methoxy groups -OCH3 is 1. The Bertz CT molecular complexity index is 315. The fourth-order valence-electron chi connectivity index (χ4n) is 1.18. The molecule has 0 saturated heterocycles. The molecule has 4 heteroatoms. The Morgan fingerprint density at radius 1 is 1.12 bits per heavy atom. The van der Waals surface area contributed by atoms with Crippen molar-refractivity contribution < 1.29 is 14.2 Å². The molecule has 0 amide bonds. The van der Waals surface area contributed by atoms with E-state index in [1.807, 2.05) is 25.1 Å². The minimum atomic E-state index is 0.547. The molecule has 0 saturated carbocycles. The van der Waals surface area contributed by atoms with Crippen molar-refractivity contribution in [2.45, 2.75) is 6.92 Å². The summed E-state index contributed by atoms with van der Waals surface area (Å²) in [4.78, 5) is 0. The van der Waals surface area contributed by atoms with Gasteiger partial charge in [0.25, 0.3) is 0 Å². The van der Waals surface area contributed by atoms with Crippen LogP contribution in [-0.2, 0) is 9.47 Å². The molecule has 0 radical (unpaired) electrons. The van der Waals surface area contributed by atoms with Gasteiger partial charge in [0.15, 0.2) is 0 Å². The number of hydrogen-bond acceptors (Lipinski definition) is 3. The lowest BCUT2D eigenvalue weighted by atomic mass is 10.2. The molecule has 0 N–H and O–H groups in total. The maximum absolute atomic E-state index is 5.56. The number of rotatable bonds is 7. The molecule has 0 fully saturated rings. The van der Waals surface area contributed by atoms with Crippen molar-refractivity contribution in [2.75, 3.05) is 33.5 Å². The van der Waals surface area contributed by atoms with E-state index in [0.717, 1.165) is 10.2 Å². The summed E-state index contributed by atoms with van der Waals surface area (Å²) in [6.07, 6.45) is 0. The third-order valence-corrected chi connectivity index (χ3v) is 2.62. The molecule has 0 aliphatic heterocycles. The lowest BCUT2D eigenvalue weighted by molar-refractivity contribution is 0.0543. The minimum Gasteiger partial charge on any atom is -0.490 e. The van der Waals surface area contributed by atoms with E-state index in [4.69, 9.17) is 14.2 Å². The van der Waals surface area contributed by atoms with Crippen molar-refractivity contribution in [2.24, 2.45) is 0 Å². The Kier molecular flexibility index (Phi) is 6.45. The van der Waals surface area contributed by atoms with Crippen LogP contribution in [0, 0.1) is 6.92 Å². The van der Waals surface area contributed by atoms with Crippen LogP contribution in [-0.4, -0.2) is 33.5 Å². The second-order valence-electron chi connectivity index (χ2n) is 3.39. The molecule has 1 rings (SSSR count). The molecule has 90 valence electrons. The van der Waals surface area contributed by atoms with Crippen molar-refractivity contribution in [1.29, 1.82) is 0 Å². The van der Waals surface area contributed by atoms with Gasteiger partial charge in [0.05, 0.1) is 24.3 Å². The first kappa shape index (κ1) is 13.5. The fraction of sp³-hybridized carbons (Fsp3) is 0.500. The number of aryl methyl sites for hydroxylation is 1. The quantitative estimate of drug-likeness (QED) is 0.722. The Morgan fingerprint density at radius 2 is 1.88 bits per heavy atom. The second kappa shape index (κ2) is 7.65. The number of halogens is 1. The predicted molar refractivity (Wildman–Crippen MR) is 67.1 cm³/mol. The Labute approximate surface area is 105 Å². The highest BCUT2D eigenvalue weighted by molar-refractivity contribution is 9.10. The second-order valence-corrected chi connectivity index (χ2v) is 4.24. The smallest absolute Gasteiger partial charge is 0.133 e. The van der Waals surface area contributed by atoms with Gasteiger partial charge in [-0.05, 0) is 40.5 Å². The van der Waals surface area contributed by atoms with E-state index >= 15 is 0 Å². The van der Waals surface area contributed by atoms with Crippen LogP contribution in [0.5, 0.6) is 5.75 Å². The van der Waals surface area contributed by atoms with Crippen LogP contribution in [0.2, 0.25) is 0 Å². The van der Waals surface area contributed by atoms with Crippen LogP contribution in [0.15, 0.2) is 22.7 Å². The van der Waals surface area contributed by atoms with Crippen LogP contribution in [0.3, 0.4) is 0 Å². The zero-order chi connectivity index (χ0) is 11.8. The van der Waals surface area contributed by atoms with Crippen LogP contribution >= 0.6 is 15.9 Å². The topological polar surface area (TPSA) is 27.7 Å². The number of ether oxygens (including phenoxy) is 3. The van der Waals surface area contributed by atoms with Gasteiger partial charge in [-0.25, -0.2) is 0 Å². The summed E-state index contributed by atoms with van der Waals surface area (Å²) < 4.78 is 16.7. The molecule has 1 aromatic rings. The van der Waals surface area contributed by atoms with E-state index in [2.05, 4.69) is 15.9 Å². The average molecular weight is 289 g/mol. The summed E-state index contributed by atoms with van der Waals surface area (Å²) >= 11 is 3.46. The molecule has 3 nitrogen and oxygen atoms in total. The van der Waals surface area contributed by atoms with Crippen molar-refractivity contribution in [1.82, 2.24) is 0 Å². The highest BCUT2D eigenvalue weighted by Crippen LogP contribution is 2.25. The molecule has 0 aromatic heterocycles. The van der Waals surface area contributed by atoms with Crippen molar-refractivity contribution in [3.8, 4) is 5.75 Å². The van der Waals surface area contributed by atoms with Gasteiger partial charge in [0.2, 0.25) is 0 Å². The molecule has 16 heavy (non-hydrogen) atoms. The first-order valence-electron chi connectivity index (χ1n) is 5.19. The van der Waals surface area contributed by atoms with E-state index < -0.39 is 0 Å². The summed E-state index contributed by atoms with van der Waals surface area (Å²) in [6, 6.07) is 6.00. The van der Waals surface area contributed by atoms with E-state index in [1.54, 1.807) is 7.11 Å². The summed E-state index contributed by atoms with van der Waals surface area (Å²) in [5.41, 5.74) is 1.20. The largest absolute Gasteiger partial charge is 0.490 e. The molecular formula is C12H17BrO3. The SMILES string of the molecule is COCCOCCOc1ccc(C)cc1Br. The lowest BCUT2D eigenvalue weighted by Crippen LogP contribution is -2.10. The summed E-state index contributed by atoms with van der Waals surface area (Å²) in [5, 5.41) is 0. The zero-order valence-corrected chi connectivity index (χ0v) is 11.2. The van der Waals surface area contributed by atoms with E-state index in [1.165, 1.54) is 5.56 Å². The molecule has 0 unspecified atom stereocenters. The third kappa shape index (κ3) is 4.96. The maximum Gasteiger partial charge on any atom is 0.133 e. The highest BCUT2D eigenvalue weighted by atomic mass is 79.9. The molecule has 0 heterocycles. The summed E-state index contributed by atoms with van der Waals surface area (Å²) in [7, 11) is 1.66. The first-order valence-corrected chi connectivity index (χ1v) is 5.99. The van der Waals surface area contributed by atoms with Gasteiger partial charge in [-0.2, -0.15) is 0 Å². The monoisotopic (exact) mass is 288 g/mol. The Balaban J connectivity index is 2.21. The fourth-order valence-corrected chi connectivity index (χ4v) is 1.79. The van der Waals surface area contributed by atoms with Crippen LogP contribution in [0.4, 0.5) is 0 Å². The predicted octanol–water partition coefficient (Wildman–Crippen LogP) is 2.80. The van der Waals surface area contributed by atoms with Gasteiger partial charge >= 0.3 is 0 Å². The minimum absolute atomic E-state index is 0.547. The zero-order valence-electron chi connectivity index (χ0n) is 9.66. The average Bonchev–Trinajstić information content (AvgIpc) is 2.26. The molecule has 0 aliphatic carbocycles. The molecule has 0 aliphatic rings. The van der Waals surface area contributed by atoms with Gasteiger partial charge in [-0.3, -0.25) is 0 Å². The van der Waals surface area contributed by atoms with Gasteiger partial charge in [-0.15, -0.1) is 0 Å². The normalized spacial score (nSPS) is 10.4. The third-order valence-electron chi connectivity index (χ3n) is 2.00. The van der Waals surface area contributed by atoms with Crippen LogP contribution in [0.1, 0.15) is 5.56 Å². The van der Waals surface area contributed by atoms with E-state index in [9.17, 15) is 0 Å². The van der Waals surface area contributed by atoms with E-state index in [-0.39, 0.29) is 0 Å². The Morgan fingerprint density at radius 3 is 2.56 bits per heavy atom.